The van der Waals surface area contributed by atoms with Crippen molar-refractivity contribution in [2.45, 2.75) is 33.1 Å². The minimum atomic E-state index is -0.377. The van der Waals surface area contributed by atoms with E-state index in [1.54, 1.807) is 19.1 Å². The molecule has 1 aliphatic rings. The number of furan rings is 1. The lowest BCUT2D eigenvalue weighted by molar-refractivity contribution is 0.0526. The van der Waals surface area contributed by atoms with Crippen molar-refractivity contribution < 1.29 is 18.7 Å². The summed E-state index contributed by atoms with van der Waals surface area (Å²) in [5, 5.41) is 3.36. The first kappa shape index (κ1) is 17.2. The van der Waals surface area contributed by atoms with Crippen LogP contribution in [0.4, 0.5) is 5.00 Å². The number of esters is 1. The summed E-state index contributed by atoms with van der Waals surface area (Å²) >= 11 is 4.64. The van der Waals surface area contributed by atoms with Crippen LogP contribution in [0.1, 0.15) is 51.6 Å². The molecule has 0 saturated heterocycles. The van der Waals surface area contributed by atoms with Crippen LogP contribution in [-0.2, 0) is 17.6 Å². The van der Waals surface area contributed by atoms with E-state index in [9.17, 15) is 9.59 Å². The maximum absolute atomic E-state index is 12.4. The van der Waals surface area contributed by atoms with Gasteiger partial charge in [-0.25, -0.2) is 4.79 Å². The number of thiophene rings is 1. The van der Waals surface area contributed by atoms with Gasteiger partial charge in [0.05, 0.1) is 12.2 Å². The molecular weight excluding hydrogens is 394 g/mol. The summed E-state index contributed by atoms with van der Waals surface area (Å²) in [6.45, 7) is 4.28. The molecule has 1 N–H and O–H groups in total. The Labute approximate surface area is 152 Å². The van der Waals surface area contributed by atoms with Crippen molar-refractivity contribution in [2.75, 3.05) is 11.9 Å². The number of anilines is 1. The smallest absolute Gasteiger partial charge is 0.341 e. The van der Waals surface area contributed by atoms with Crippen molar-refractivity contribution in [3.05, 3.63) is 38.6 Å². The van der Waals surface area contributed by atoms with Gasteiger partial charge in [-0.3, -0.25) is 4.79 Å². The van der Waals surface area contributed by atoms with Crippen molar-refractivity contribution in [3.8, 4) is 0 Å². The molecule has 1 aliphatic carbocycles. The van der Waals surface area contributed by atoms with Crippen molar-refractivity contribution in [1.29, 1.82) is 0 Å². The third-order valence-electron chi connectivity index (χ3n) is 4.02. The van der Waals surface area contributed by atoms with Crippen molar-refractivity contribution >= 4 is 44.1 Å². The van der Waals surface area contributed by atoms with Gasteiger partial charge >= 0.3 is 5.97 Å². The first-order valence-corrected chi connectivity index (χ1v) is 9.48. The molecule has 2 aromatic heterocycles. The van der Waals surface area contributed by atoms with Crippen LogP contribution in [0.2, 0.25) is 0 Å². The molecule has 24 heavy (non-hydrogen) atoms. The highest BCUT2D eigenvalue weighted by Crippen LogP contribution is 2.40. The van der Waals surface area contributed by atoms with E-state index >= 15 is 0 Å². The van der Waals surface area contributed by atoms with Crippen LogP contribution >= 0.6 is 27.3 Å². The monoisotopic (exact) mass is 411 g/mol. The van der Waals surface area contributed by atoms with Gasteiger partial charge in [0.25, 0.3) is 5.91 Å². The summed E-state index contributed by atoms with van der Waals surface area (Å²) in [6.07, 6.45) is 2.80. The number of ether oxygens (including phenoxy) is 1. The van der Waals surface area contributed by atoms with E-state index in [0.29, 0.717) is 27.8 Å². The number of fused-ring (bicyclic) bond motifs is 1. The molecule has 3 rings (SSSR count). The average Bonchev–Trinajstić information content (AvgIpc) is 3.10. The number of halogens is 1. The van der Waals surface area contributed by atoms with E-state index in [1.165, 1.54) is 11.3 Å². The second-order valence-corrected chi connectivity index (χ2v) is 7.72. The zero-order chi connectivity index (χ0) is 17.3. The second-order valence-electron chi connectivity index (χ2n) is 5.83. The molecule has 1 amide bonds. The average molecular weight is 412 g/mol. The van der Waals surface area contributed by atoms with Gasteiger partial charge in [-0.05, 0) is 65.7 Å². The molecule has 5 nitrogen and oxygen atoms in total. The predicted octanol–water partition coefficient (Wildman–Crippen LogP) is 4.66. The standard InChI is InChI=1S/C17H18BrNO4S/c1-3-22-17(21)14-10-5-4-9(2)8-12(10)24-16(14)19-15(20)11-6-7-13(18)23-11/h6-7,9H,3-5,8H2,1-2H3,(H,19,20)/t9-/m1/s1. The normalized spacial score (nSPS) is 16.5. The number of nitrogens with one attached hydrogen (secondary N) is 1. The Bertz CT molecular complexity index is 780. The molecule has 2 heterocycles. The third kappa shape index (κ3) is 3.42. The molecule has 0 radical (unpaired) electrons. The summed E-state index contributed by atoms with van der Waals surface area (Å²) in [5.74, 6) is 0.0190. The highest BCUT2D eigenvalue weighted by atomic mass is 79.9. The molecule has 0 unspecified atom stereocenters. The number of amides is 1. The molecule has 0 saturated carbocycles. The van der Waals surface area contributed by atoms with Crippen LogP contribution in [0.3, 0.4) is 0 Å². The number of carbonyl (C=O) groups is 2. The Balaban J connectivity index is 1.94. The maximum atomic E-state index is 12.4. The van der Waals surface area contributed by atoms with Crippen LogP contribution < -0.4 is 5.32 Å². The Morgan fingerprint density at radius 2 is 2.25 bits per heavy atom. The van der Waals surface area contributed by atoms with Gasteiger partial charge in [0.15, 0.2) is 10.4 Å². The van der Waals surface area contributed by atoms with Crippen molar-refractivity contribution in [3.63, 3.8) is 0 Å². The number of rotatable bonds is 4. The quantitative estimate of drug-likeness (QED) is 0.742. The summed E-state index contributed by atoms with van der Waals surface area (Å²) in [5.41, 5.74) is 1.52. The lowest BCUT2D eigenvalue weighted by Gasteiger charge is -2.18. The van der Waals surface area contributed by atoms with Gasteiger partial charge in [-0.15, -0.1) is 11.3 Å². The number of carbonyl (C=O) groups excluding carboxylic acids is 2. The van der Waals surface area contributed by atoms with Crippen molar-refractivity contribution in [1.82, 2.24) is 0 Å². The highest BCUT2D eigenvalue weighted by molar-refractivity contribution is 9.10. The second kappa shape index (κ2) is 7.11. The largest absolute Gasteiger partial charge is 0.462 e. The van der Waals surface area contributed by atoms with Crippen LogP contribution in [0.25, 0.3) is 0 Å². The molecule has 0 aromatic carbocycles. The fourth-order valence-electron chi connectivity index (χ4n) is 2.86. The minimum absolute atomic E-state index is 0.191. The van der Waals surface area contributed by atoms with Crippen LogP contribution in [0.15, 0.2) is 21.2 Å². The van der Waals surface area contributed by atoms with Crippen LogP contribution in [0.5, 0.6) is 0 Å². The molecule has 1 atom stereocenters. The summed E-state index contributed by atoms with van der Waals surface area (Å²) in [6, 6.07) is 3.24. The van der Waals surface area contributed by atoms with E-state index in [4.69, 9.17) is 9.15 Å². The third-order valence-corrected chi connectivity index (χ3v) is 5.61. The number of hydrogen-bond donors (Lipinski definition) is 1. The molecule has 2 aromatic rings. The Morgan fingerprint density at radius 3 is 2.92 bits per heavy atom. The van der Waals surface area contributed by atoms with E-state index < -0.39 is 0 Å². The molecule has 7 heteroatoms. The fourth-order valence-corrected chi connectivity index (χ4v) is 4.56. The Morgan fingerprint density at radius 1 is 1.46 bits per heavy atom. The molecule has 128 valence electrons. The van der Waals surface area contributed by atoms with Crippen LogP contribution in [0, 0.1) is 5.92 Å². The van der Waals surface area contributed by atoms with Crippen molar-refractivity contribution in [2.24, 2.45) is 5.92 Å². The topological polar surface area (TPSA) is 68.5 Å². The van der Waals surface area contributed by atoms with E-state index in [-0.39, 0.29) is 17.6 Å². The summed E-state index contributed by atoms with van der Waals surface area (Å²) in [4.78, 5) is 25.9. The van der Waals surface area contributed by atoms with E-state index in [0.717, 1.165) is 29.7 Å². The minimum Gasteiger partial charge on any atom is -0.462 e. The SMILES string of the molecule is CCOC(=O)c1c(NC(=O)c2ccc(Br)o2)sc2c1CC[C@@H](C)C2. The number of hydrogen-bond acceptors (Lipinski definition) is 5. The molecule has 0 fully saturated rings. The fraction of sp³-hybridized carbons (Fsp3) is 0.412. The lowest BCUT2D eigenvalue weighted by atomic mass is 9.88. The first-order valence-electron chi connectivity index (χ1n) is 7.88. The van der Waals surface area contributed by atoms with Gasteiger partial charge in [0.2, 0.25) is 0 Å². The van der Waals surface area contributed by atoms with Gasteiger partial charge in [0, 0.05) is 4.88 Å². The zero-order valence-corrected chi connectivity index (χ0v) is 15.9. The molecular formula is C17H18BrNO4S. The Kier molecular flexibility index (Phi) is 5.10. The maximum Gasteiger partial charge on any atom is 0.341 e. The molecule has 0 spiro atoms. The molecule has 0 bridgehead atoms. The van der Waals surface area contributed by atoms with Gasteiger partial charge < -0.3 is 14.5 Å². The van der Waals surface area contributed by atoms with Gasteiger partial charge in [0.1, 0.15) is 5.00 Å². The van der Waals surface area contributed by atoms with E-state index in [1.807, 2.05) is 0 Å². The van der Waals surface area contributed by atoms with Gasteiger partial charge in [-0.1, -0.05) is 6.92 Å². The zero-order valence-electron chi connectivity index (χ0n) is 13.5. The summed E-state index contributed by atoms with van der Waals surface area (Å²) < 4.78 is 11.0. The Hall–Kier alpha value is -1.60. The van der Waals surface area contributed by atoms with Crippen LogP contribution in [-0.4, -0.2) is 18.5 Å². The molecule has 0 aliphatic heterocycles. The summed E-state index contributed by atoms with van der Waals surface area (Å²) in [7, 11) is 0. The van der Waals surface area contributed by atoms with E-state index in [2.05, 4.69) is 28.2 Å². The highest BCUT2D eigenvalue weighted by Gasteiger charge is 2.29. The predicted molar refractivity (Wildman–Crippen MR) is 95.8 cm³/mol. The van der Waals surface area contributed by atoms with Gasteiger partial charge in [-0.2, -0.15) is 0 Å². The lowest BCUT2D eigenvalue weighted by Crippen LogP contribution is -2.16. The first-order chi connectivity index (χ1) is 11.5.